The van der Waals surface area contributed by atoms with E-state index in [1.807, 2.05) is 24.0 Å². The molecule has 1 aromatic heterocycles. The second-order valence-corrected chi connectivity index (χ2v) is 6.91. The lowest BCUT2D eigenvalue weighted by molar-refractivity contribution is 0.128. The maximum absolute atomic E-state index is 12.4. The molecule has 118 valence electrons. The smallest absolute Gasteiger partial charge is 0.317 e. The van der Waals surface area contributed by atoms with Crippen molar-refractivity contribution in [3.8, 4) is 0 Å². The highest BCUT2D eigenvalue weighted by Gasteiger charge is 2.24. The van der Waals surface area contributed by atoms with Gasteiger partial charge in [0, 0.05) is 24.4 Å². The Labute approximate surface area is 134 Å². The van der Waals surface area contributed by atoms with Crippen LogP contribution in [0.5, 0.6) is 0 Å². The number of nitrogens with zero attached hydrogens (tertiary/aromatic N) is 1. The first-order valence-corrected chi connectivity index (χ1v) is 8.69. The summed E-state index contributed by atoms with van der Waals surface area (Å²) < 4.78 is 1.25. The number of amides is 2. The van der Waals surface area contributed by atoms with Gasteiger partial charge in [-0.2, -0.15) is 0 Å². The van der Waals surface area contributed by atoms with Crippen LogP contribution in [0.4, 0.5) is 4.79 Å². The van der Waals surface area contributed by atoms with Gasteiger partial charge in [0.25, 0.3) is 0 Å². The summed E-state index contributed by atoms with van der Waals surface area (Å²) in [5.41, 5.74) is 1.17. The van der Waals surface area contributed by atoms with Gasteiger partial charge in [-0.15, -0.1) is 11.3 Å². The molecule has 0 saturated carbocycles. The number of hydrogen-bond donors (Lipinski definition) is 2. The Hall–Kier alpha value is -1.59. The summed E-state index contributed by atoms with van der Waals surface area (Å²) in [5.74, 6) is 0.219. The maximum atomic E-state index is 12.4. The Balaban J connectivity index is 1.68. The lowest BCUT2D eigenvalue weighted by Crippen LogP contribution is -2.46. The van der Waals surface area contributed by atoms with E-state index >= 15 is 0 Å². The minimum Gasteiger partial charge on any atom is -0.396 e. The zero-order chi connectivity index (χ0) is 15.5. The van der Waals surface area contributed by atoms with Crippen LogP contribution in [0.3, 0.4) is 0 Å². The van der Waals surface area contributed by atoms with Gasteiger partial charge in [0.2, 0.25) is 0 Å². The average molecular weight is 318 g/mol. The van der Waals surface area contributed by atoms with Crippen molar-refractivity contribution >= 4 is 27.5 Å². The number of carbonyl (C=O) groups is 1. The van der Waals surface area contributed by atoms with Gasteiger partial charge in [-0.1, -0.05) is 18.2 Å². The topological polar surface area (TPSA) is 52.6 Å². The molecule has 0 aliphatic carbocycles. The first-order valence-electron chi connectivity index (χ1n) is 7.81. The molecule has 2 aromatic rings. The number of nitrogens with one attached hydrogen (secondary N) is 1. The molecule has 5 heteroatoms. The molecule has 0 unspecified atom stereocenters. The third kappa shape index (κ3) is 3.10. The van der Waals surface area contributed by atoms with Crippen molar-refractivity contribution < 1.29 is 9.90 Å². The van der Waals surface area contributed by atoms with Crippen LogP contribution < -0.4 is 5.32 Å². The second kappa shape index (κ2) is 6.67. The van der Waals surface area contributed by atoms with Crippen molar-refractivity contribution in [1.82, 2.24) is 10.2 Å². The van der Waals surface area contributed by atoms with Crippen LogP contribution in [-0.2, 0) is 0 Å². The highest BCUT2D eigenvalue weighted by molar-refractivity contribution is 7.17. The number of likely N-dealkylation sites (tertiary alicyclic amines) is 1. The highest BCUT2D eigenvalue weighted by atomic mass is 32.1. The Kier molecular flexibility index (Phi) is 4.64. The minimum atomic E-state index is -0.0269. The normalized spacial score (nSPS) is 20.1. The van der Waals surface area contributed by atoms with Crippen molar-refractivity contribution in [1.29, 1.82) is 0 Å². The molecular weight excluding hydrogens is 296 g/mol. The number of piperidine rings is 1. The zero-order valence-electron chi connectivity index (χ0n) is 12.8. The molecule has 2 heterocycles. The molecule has 1 fully saturated rings. The molecule has 2 N–H and O–H groups in total. The summed E-state index contributed by atoms with van der Waals surface area (Å²) in [6.45, 7) is 3.62. The standard InChI is InChI=1S/C17H22N2O2S/c1-12(15-11-22-16-7-3-2-6-14(15)16)18-17(21)19-8-4-5-13(9-19)10-20/h2-3,6-7,11-13,20H,4-5,8-10H2,1H3,(H,18,21)/t12-,13-/m1/s1. The van der Waals surface area contributed by atoms with Gasteiger partial charge in [0.1, 0.15) is 0 Å². The quantitative estimate of drug-likeness (QED) is 0.911. The molecule has 1 aliphatic rings. The van der Waals surface area contributed by atoms with Gasteiger partial charge in [0.05, 0.1) is 6.04 Å². The van der Waals surface area contributed by atoms with E-state index < -0.39 is 0 Å². The van der Waals surface area contributed by atoms with Crippen LogP contribution in [0.2, 0.25) is 0 Å². The van der Waals surface area contributed by atoms with Gasteiger partial charge >= 0.3 is 6.03 Å². The van der Waals surface area contributed by atoms with E-state index in [1.165, 1.54) is 15.6 Å². The number of hydrogen-bond acceptors (Lipinski definition) is 3. The molecule has 2 amide bonds. The zero-order valence-corrected chi connectivity index (χ0v) is 13.6. The van der Waals surface area contributed by atoms with Crippen LogP contribution in [0.25, 0.3) is 10.1 Å². The molecule has 2 atom stereocenters. The fourth-order valence-electron chi connectivity index (χ4n) is 3.09. The predicted octanol–water partition coefficient (Wildman–Crippen LogP) is 3.38. The molecule has 4 nitrogen and oxygen atoms in total. The summed E-state index contributed by atoms with van der Waals surface area (Å²) in [5, 5.41) is 15.7. The second-order valence-electron chi connectivity index (χ2n) is 6.00. The number of aliphatic hydroxyl groups excluding tert-OH is 1. The van der Waals surface area contributed by atoms with Gasteiger partial charge in [0.15, 0.2) is 0 Å². The van der Waals surface area contributed by atoms with E-state index in [-0.39, 0.29) is 24.6 Å². The van der Waals surface area contributed by atoms with Crippen LogP contribution in [-0.4, -0.2) is 35.7 Å². The van der Waals surface area contributed by atoms with E-state index in [0.717, 1.165) is 19.4 Å². The maximum Gasteiger partial charge on any atom is 0.317 e. The molecule has 1 saturated heterocycles. The largest absolute Gasteiger partial charge is 0.396 e. The van der Waals surface area contributed by atoms with Crippen LogP contribution in [0.1, 0.15) is 31.4 Å². The lowest BCUT2D eigenvalue weighted by Gasteiger charge is -2.32. The number of aliphatic hydroxyl groups is 1. The van der Waals surface area contributed by atoms with Gasteiger partial charge in [-0.3, -0.25) is 0 Å². The van der Waals surface area contributed by atoms with E-state index in [4.69, 9.17) is 0 Å². The van der Waals surface area contributed by atoms with Crippen molar-refractivity contribution in [3.05, 3.63) is 35.2 Å². The monoisotopic (exact) mass is 318 g/mol. The molecule has 0 radical (unpaired) electrons. The average Bonchev–Trinajstić information content (AvgIpc) is 2.99. The predicted molar refractivity (Wildman–Crippen MR) is 90.2 cm³/mol. The molecule has 1 aliphatic heterocycles. The van der Waals surface area contributed by atoms with E-state index in [1.54, 1.807) is 11.3 Å². The minimum absolute atomic E-state index is 0.0156. The summed E-state index contributed by atoms with van der Waals surface area (Å²) in [4.78, 5) is 14.3. The van der Waals surface area contributed by atoms with Crippen molar-refractivity contribution in [2.24, 2.45) is 5.92 Å². The van der Waals surface area contributed by atoms with Crippen molar-refractivity contribution in [2.45, 2.75) is 25.8 Å². The number of urea groups is 1. The van der Waals surface area contributed by atoms with Crippen LogP contribution in [0.15, 0.2) is 29.6 Å². The van der Waals surface area contributed by atoms with E-state index in [2.05, 4.69) is 22.8 Å². The summed E-state index contributed by atoms with van der Waals surface area (Å²) in [6, 6.07) is 8.23. The molecule has 3 rings (SSSR count). The Morgan fingerprint density at radius 1 is 1.50 bits per heavy atom. The number of thiophene rings is 1. The van der Waals surface area contributed by atoms with Crippen molar-refractivity contribution in [2.75, 3.05) is 19.7 Å². The fraction of sp³-hybridized carbons (Fsp3) is 0.471. The summed E-state index contributed by atoms with van der Waals surface area (Å²) in [6.07, 6.45) is 1.97. The lowest BCUT2D eigenvalue weighted by atomic mass is 9.99. The fourth-order valence-corrected chi connectivity index (χ4v) is 4.14. The third-order valence-corrected chi connectivity index (χ3v) is 5.36. The molecule has 22 heavy (non-hydrogen) atoms. The van der Waals surface area contributed by atoms with Gasteiger partial charge in [-0.05, 0) is 48.1 Å². The van der Waals surface area contributed by atoms with Gasteiger partial charge < -0.3 is 15.3 Å². The summed E-state index contributed by atoms with van der Waals surface area (Å²) in [7, 11) is 0. The molecule has 0 spiro atoms. The SMILES string of the molecule is C[C@@H](NC(=O)N1CCC[C@@H](CO)C1)c1csc2ccccc12. The number of benzene rings is 1. The Morgan fingerprint density at radius 3 is 3.14 bits per heavy atom. The Bertz CT molecular complexity index is 655. The molecular formula is C17H22N2O2S. The number of rotatable bonds is 3. The van der Waals surface area contributed by atoms with Crippen molar-refractivity contribution in [3.63, 3.8) is 0 Å². The van der Waals surface area contributed by atoms with Crippen LogP contribution >= 0.6 is 11.3 Å². The van der Waals surface area contributed by atoms with E-state index in [9.17, 15) is 9.90 Å². The number of fused-ring (bicyclic) bond motifs is 1. The number of carbonyl (C=O) groups excluding carboxylic acids is 1. The molecule has 0 bridgehead atoms. The summed E-state index contributed by atoms with van der Waals surface area (Å²) >= 11 is 1.71. The van der Waals surface area contributed by atoms with Gasteiger partial charge in [-0.25, -0.2) is 4.79 Å². The van der Waals surface area contributed by atoms with E-state index in [0.29, 0.717) is 6.54 Å². The molecule has 1 aromatic carbocycles. The first kappa shape index (κ1) is 15.3. The highest BCUT2D eigenvalue weighted by Crippen LogP contribution is 2.30. The third-order valence-electron chi connectivity index (χ3n) is 4.38. The Morgan fingerprint density at radius 2 is 2.32 bits per heavy atom. The van der Waals surface area contributed by atoms with Crippen LogP contribution in [0, 0.1) is 5.92 Å². The first-order chi connectivity index (χ1) is 10.7.